The van der Waals surface area contributed by atoms with Gasteiger partial charge in [0.25, 0.3) is 5.56 Å². The topological polar surface area (TPSA) is 88.8 Å². The Labute approximate surface area is 129 Å². The first-order chi connectivity index (χ1) is 10.7. The van der Waals surface area contributed by atoms with Crippen LogP contribution in [-0.2, 0) is 0 Å². The molecule has 0 amide bonds. The molecule has 0 spiro atoms. The van der Waals surface area contributed by atoms with Gasteiger partial charge in [-0.3, -0.25) is 4.79 Å². The van der Waals surface area contributed by atoms with Gasteiger partial charge < -0.3 is 15.2 Å². The second-order valence-corrected chi connectivity index (χ2v) is 5.51. The summed E-state index contributed by atoms with van der Waals surface area (Å²) >= 11 is 1.25. The molecule has 0 bridgehead atoms. The molecule has 3 rings (SSSR count). The Morgan fingerprint density at radius 1 is 1.45 bits per heavy atom. The van der Waals surface area contributed by atoms with Gasteiger partial charge in [0.1, 0.15) is 5.75 Å². The average molecular weight is 318 g/mol. The van der Waals surface area contributed by atoms with Crippen molar-refractivity contribution in [1.29, 1.82) is 0 Å². The Morgan fingerprint density at radius 2 is 2.32 bits per heavy atom. The number of aliphatic hydroxyl groups is 1. The van der Waals surface area contributed by atoms with Gasteiger partial charge in [0.05, 0.1) is 13.2 Å². The zero-order valence-corrected chi connectivity index (χ0v) is 12.6. The molecule has 8 heteroatoms. The molecular formula is C14H14N4O3S. The van der Waals surface area contributed by atoms with Gasteiger partial charge >= 0.3 is 0 Å². The van der Waals surface area contributed by atoms with Gasteiger partial charge in [-0.25, -0.2) is 4.98 Å². The molecule has 0 unspecified atom stereocenters. The summed E-state index contributed by atoms with van der Waals surface area (Å²) in [5, 5.41) is 17.9. The molecule has 2 aromatic heterocycles. The molecule has 2 N–H and O–H groups in total. The number of hydrogen-bond acceptors (Lipinski definition) is 7. The van der Waals surface area contributed by atoms with Crippen LogP contribution in [-0.4, -0.2) is 33.4 Å². The third kappa shape index (κ3) is 2.92. The van der Waals surface area contributed by atoms with Gasteiger partial charge in [0, 0.05) is 18.8 Å². The zero-order valence-electron chi connectivity index (χ0n) is 11.8. The number of aliphatic hydroxyl groups excluding tert-OH is 1. The SMILES string of the molecule is COc1cccc([C@@H](O)CNc2nn3c(=O)ccnc3s2)c1. The van der Waals surface area contributed by atoms with Gasteiger partial charge in [-0.1, -0.05) is 23.5 Å². The maximum absolute atomic E-state index is 11.6. The number of rotatable bonds is 5. The molecular weight excluding hydrogens is 304 g/mol. The lowest BCUT2D eigenvalue weighted by Gasteiger charge is -2.12. The molecule has 1 atom stereocenters. The quantitative estimate of drug-likeness (QED) is 0.737. The minimum Gasteiger partial charge on any atom is -0.497 e. The monoisotopic (exact) mass is 318 g/mol. The van der Waals surface area contributed by atoms with Crippen molar-refractivity contribution in [2.24, 2.45) is 0 Å². The number of aromatic nitrogens is 3. The van der Waals surface area contributed by atoms with Crippen LogP contribution in [0.1, 0.15) is 11.7 Å². The van der Waals surface area contributed by atoms with E-state index in [4.69, 9.17) is 4.74 Å². The molecule has 114 valence electrons. The van der Waals surface area contributed by atoms with Crippen LogP contribution in [0.3, 0.4) is 0 Å². The van der Waals surface area contributed by atoms with E-state index in [1.54, 1.807) is 13.2 Å². The van der Waals surface area contributed by atoms with Gasteiger partial charge in [0.2, 0.25) is 10.1 Å². The summed E-state index contributed by atoms with van der Waals surface area (Å²) in [6, 6.07) is 8.57. The number of methoxy groups -OCH3 is 1. The third-order valence-electron chi connectivity index (χ3n) is 3.10. The lowest BCUT2D eigenvalue weighted by Crippen LogP contribution is -2.14. The Balaban J connectivity index is 1.72. The molecule has 3 aromatic rings. The predicted octanol–water partition coefficient (Wildman–Crippen LogP) is 1.31. The number of hydrogen-bond donors (Lipinski definition) is 2. The lowest BCUT2D eigenvalue weighted by atomic mass is 10.1. The smallest absolute Gasteiger partial charge is 0.275 e. The summed E-state index contributed by atoms with van der Waals surface area (Å²) < 4.78 is 6.36. The van der Waals surface area contributed by atoms with Gasteiger partial charge in [-0.05, 0) is 17.7 Å². The van der Waals surface area contributed by atoms with Crippen LogP contribution in [0, 0.1) is 0 Å². The summed E-state index contributed by atoms with van der Waals surface area (Å²) in [6.07, 6.45) is 0.733. The number of anilines is 1. The van der Waals surface area contributed by atoms with Crippen molar-refractivity contribution in [3.63, 3.8) is 0 Å². The molecule has 0 fully saturated rings. The Bertz CT molecular complexity index is 845. The number of nitrogens with one attached hydrogen (secondary N) is 1. The lowest BCUT2D eigenvalue weighted by molar-refractivity contribution is 0.191. The highest BCUT2D eigenvalue weighted by atomic mass is 32.1. The fourth-order valence-electron chi connectivity index (χ4n) is 1.97. The van der Waals surface area contributed by atoms with Crippen molar-refractivity contribution in [3.05, 3.63) is 52.4 Å². The fourth-order valence-corrected chi connectivity index (χ4v) is 2.75. The summed E-state index contributed by atoms with van der Waals surface area (Å²) in [7, 11) is 1.58. The Hall–Kier alpha value is -2.45. The number of benzene rings is 1. The van der Waals surface area contributed by atoms with E-state index in [2.05, 4.69) is 15.4 Å². The average Bonchev–Trinajstić information content (AvgIpc) is 2.97. The maximum atomic E-state index is 11.6. The standard InChI is InChI=1S/C14H14N4O3S/c1-21-10-4-2-3-9(7-10)11(19)8-16-13-17-18-12(20)5-6-15-14(18)22-13/h2-7,11,19H,8H2,1H3,(H,16,17)/t11-/m0/s1. The highest BCUT2D eigenvalue weighted by molar-refractivity contribution is 7.20. The first-order valence-electron chi connectivity index (χ1n) is 6.58. The molecule has 0 aliphatic heterocycles. The second kappa shape index (κ2) is 6.12. The van der Waals surface area contributed by atoms with Crippen molar-refractivity contribution in [3.8, 4) is 5.75 Å². The van der Waals surface area contributed by atoms with E-state index in [0.717, 1.165) is 5.56 Å². The summed E-state index contributed by atoms with van der Waals surface area (Å²) in [5.74, 6) is 0.687. The number of fused-ring (bicyclic) bond motifs is 1. The van der Waals surface area contributed by atoms with Gasteiger partial charge in [0.15, 0.2) is 0 Å². The predicted molar refractivity (Wildman–Crippen MR) is 83.6 cm³/mol. The molecule has 0 aliphatic rings. The van der Waals surface area contributed by atoms with E-state index >= 15 is 0 Å². The van der Waals surface area contributed by atoms with Crippen LogP contribution in [0.2, 0.25) is 0 Å². The second-order valence-electron chi connectivity index (χ2n) is 4.56. The summed E-state index contributed by atoms with van der Waals surface area (Å²) in [6.45, 7) is 0.266. The van der Waals surface area contributed by atoms with Crippen molar-refractivity contribution in [1.82, 2.24) is 14.6 Å². The zero-order chi connectivity index (χ0) is 15.5. The van der Waals surface area contributed by atoms with Crippen LogP contribution < -0.4 is 15.6 Å². The van der Waals surface area contributed by atoms with E-state index in [0.29, 0.717) is 15.8 Å². The fraction of sp³-hybridized carbons (Fsp3) is 0.214. The Morgan fingerprint density at radius 3 is 3.09 bits per heavy atom. The van der Waals surface area contributed by atoms with Crippen LogP contribution in [0.4, 0.5) is 5.13 Å². The van der Waals surface area contributed by atoms with E-state index < -0.39 is 6.10 Å². The minimum absolute atomic E-state index is 0.234. The van der Waals surface area contributed by atoms with Gasteiger partial charge in [-0.2, -0.15) is 4.52 Å². The molecule has 0 radical (unpaired) electrons. The summed E-state index contributed by atoms with van der Waals surface area (Å²) in [4.78, 5) is 16.2. The number of nitrogens with zero attached hydrogens (tertiary/aromatic N) is 3. The first kappa shape index (κ1) is 14.5. The molecule has 0 saturated carbocycles. The van der Waals surface area contributed by atoms with Crippen LogP contribution in [0.5, 0.6) is 5.75 Å². The minimum atomic E-state index is -0.716. The van der Waals surface area contributed by atoms with E-state index in [1.165, 1.54) is 28.1 Å². The van der Waals surface area contributed by atoms with E-state index in [9.17, 15) is 9.90 Å². The van der Waals surface area contributed by atoms with Crippen molar-refractivity contribution < 1.29 is 9.84 Å². The summed E-state index contributed by atoms with van der Waals surface area (Å²) in [5.41, 5.74) is 0.505. The van der Waals surface area contributed by atoms with E-state index in [1.807, 2.05) is 18.2 Å². The van der Waals surface area contributed by atoms with Crippen LogP contribution in [0.15, 0.2) is 41.3 Å². The van der Waals surface area contributed by atoms with Crippen molar-refractivity contribution >= 4 is 21.4 Å². The van der Waals surface area contributed by atoms with Crippen LogP contribution >= 0.6 is 11.3 Å². The van der Waals surface area contributed by atoms with Crippen LogP contribution in [0.25, 0.3) is 4.96 Å². The Kier molecular flexibility index (Phi) is 4.03. The third-order valence-corrected chi connectivity index (χ3v) is 3.98. The molecule has 7 nitrogen and oxygen atoms in total. The molecule has 0 aliphatic carbocycles. The first-order valence-corrected chi connectivity index (χ1v) is 7.40. The highest BCUT2D eigenvalue weighted by Crippen LogP contribution is 2.21. The van der Waals surface area contributed by atoms with Crippen molar-refractivity contribution in [2.75, 3.05) is 19.0 Å². The van der Waals surface area contributed by atoms with E-state index in [-0.39, 0.29) is 12.1 Å². The highest BCUT2D eigenvalue weighted by Gasteiger charge is 2.11. The molecule has 2 heterocycles. The number of ether oxygens (including phenoxy) is 1. The maximum Gasteiger partial charge on any atom is 0.275 e. The van der Waals surface area contributed by atoms with Crippen molar-refractivity contribution in [2.45, 2.75) is 6.10 Å². The molecule has 22 heavy (non-hydrogen) atoms. The van der Waals surface area contributed by atoms with Gasteiger partial charge in [-0.15, -0.1) is 5.10 Å². The molecule has 0 saturated heterocycles. The largest absolute Gasteiger partial charge is 0.497 e. The molecule has 1 aromatic carbocycles. The normalized spacial score (nSPS) is 12.3.